The van der Waals surface area contributed by atoms with Crippen molar-refractivity contribution in [2.75, 3.05) is 6.61 Å². The van der Waals surface area contributed by atoms with Gasteiger partial charge in [-0.05, 0) is 19.1 Å². The largest absolute Gasteiger partial charge is 0.463 e. The fourth-order valence-electron chi connectivity index (χ4n) is 1.43. The molecule has 1 rings (SSSR count). The summed E-state index contributed by atoms with van der Waals surface area (Å²) in [7, 11) is 0. The first-order valence-electron chi connectivity index (χ1n) is 5.56. The van der Waals surface area contributed by atoms with Gasteiger partial charge in [0.25, 0.3) is 5.69 Å². The maximum Gasteiger partial charge on any atom is 0.418 e. The number of esters is 1. The van der Waals surface area contributed by atoms with Crippen molar-refractivity contribution in [2.45, 2.75) is 13.1 Å². The normalized spacial score (nSPS) is 11.7. The quantitative estimate of drug-likeness (QED) is 0.365. The number of nitro groups is 1. The number of hydrogen-bond donors (Lipinski definition) is 0. The molecule has 9 heteroatoms. The van der Waals surface area contributed by atoms with Crippen molar-refractivity contribution in [1.29, 1.82) is 0 Å². The van der Waals surface area contributed by atoms with E-state index < -0.39 is 33.3 Å². The molecular formula is C12H9ClF3NO4. The van der Waals surface area contributed by atoms with Crippen LogP contribution in [-0.2, 0) is 15.7 Å². The van der Waals surface area contributed by atoms with Crippen LogP contribution in [0.15, 0.2) is 18.2 Å². The van der Waals surface area contributed by atoms with Crippen molar-refractivity contribution < 1.29 is 27.6 Å². The Morgan fingerprint density at radius 2 is 2.10 bits per heavy atom. The molecule has 0 aliphatic heterocycles. The van der Waals surface area contributed by atoms with Crippen LogP contribution in [0.2, 0.25) is 5.02 Å². The Hall–Kier alpha value is -2.09. The second-order valence-corrected chi connectivity index (χ2v) is 4.14. The summed E-state index contributed by atoms with van der Waals surface area (Å²) in [5.74, 6) is -0.775. The Morgan fingerprint density at radius 1 is 1.48 bits per heavy atom. The number of carbonyl (C=O) groups excluding carboxylic acids is 1. The number of halogens is 4. The molecule has 5 nitrogen and oxygen atoms in total. The molecule has 0 saturated carbocycles. The number of rotatable bonds is 4. The van der Waals surface area contributed by atoms with E-state index in [4.69, 9.17) is 11.6 Å². The van der Waals surface area contributed by atoms with Crippen LogP contribution in [0.1, 0.15) is 18.1 Å². The highest BCUT2D eigenvalue weighted by Gasteiger charge is 2.35. The third-order valence-corrected chi connectivity index (χ3v) is 2.62. The number of nitro benzene ring substituents is 1. The summed E-state index contributed by atoms with van der Waals surface area (Å²) in [5, 5.41) is 10.1. The Labute approximate surface area is 122 Å². The average molecular weight is 324 g/mol. The van der Waals surface area contributed by atoms with Gasteiger partial charge < -0.3 is 4.74 Å². The van der Waals surface area contributed by atoms with Crippen molar-refractivity contribution >= 4 is 29.3 Å². The maximum atomic E-state index is 12.6. The van der Waals surface area contributed by atoms with E-state index in [0.717, 1.165) is 18.2 Å². The highest BCUT2D eigenvalue weighted by atomic mass is 35.5. The summed E-state index contributed by atoms with van der Waals surface area (Å²) in [4.78, 5) is 21.0. The molecule has 0 unspecified atom stereocenters. The molecule has 0 atom stereocenters. The summed E-state index contributed by atoms with van der Waals surface area (Å²) in [5.41, 5.74) is -2.36. The van der Waals surface area contributed by atoms with Crippen LogP contribution in [-0.4, -0.2) is 17.5 Å². The smallest absolute Gasteiger partial charge is 0.418 e. The molecule has 0 aromatic heterocycles. The number of carbonyl (C=O) groups is 1. The van der Waals surface area contributed by atoms with Gasteiger partial charge in [-0.25, -0.2) is 4.79 Å². The van der Waals surface area contributed by atoms with Gasteiger partial charge in [0.2, 0.25) is 0 Å². The lowest BCUT2D eigenvalue weighted by atomic mass is 10.1. The van der Waals surface area contributed by atoms with E-state index in [1.165, 1.54) is 0 Å². The van der Waals surface area contributed by atoms with Gasteiger partial charge in [-0.1, -0.05) is 11.6 Å². The first kappa shape index (κ1) is 17.0. The van der Waals surface area contributed by atoms with Crippen LogP contribution >= 0.6 is 11.6 Å². The zero-order valence-corrected chi connectivity index (χ0v) is 11.4. The molecule has 0 heterocycles. The zero-order chi connectivity index (χ0) is 16.2. The fourth-order valence-corrected chi connectivity index (χ4v) is 1.71. The first-order valence-corrected chi connectivity index (χ1v) is 5.94. The summed E-state index contributed by atoms with van der Waals surface area (Å²) >= 11 is 5.47. The van der Waals surface area contributed by atoms with Gasteiger partial charge >= 0.3 is 12.1 Å². The van der Waals surface area contributed by atoms with Gasteiger partial charge in [-0.2, -0.15) is 13.2 Å². The molecule has 0 aliphatic carbocycles. The fraction of sp³-hybridized carbons (Fsp3) is 0.250. The number of ether oxygens (including phenoxy) is 1. The van der Waals surface area contributed by atoms with Gasteiger partial charge in [0.05, 0.1) is 27.7 Å². The van der Waals surface area contributed by atoms with Crippen molar-refractivity contribution in [3.8, 4) is 0 Å². The zero-order valence-electron chi connectivity index (χ0n) is 10.6. The Kier molecular flexibility index (Phi) is 5.31. The van der Waals surface area contributed by atoms with Crippen LogP contribution in [0.4, 0.5) is 18.9 Å². The summed E-state index contributed by atoms with van der Waals surface area (Å²) in [6.07, 6.45) is -2.97. The predicted molar refractivity (Wildman–Crippen MR) is 68.8 cm³/mol. The van der Waals surface area contributed by atoms with E-state index in [1.807, 2.05) is 0 Å². The van der Waals surface area contributed by atoms with Crippen LogP contribution in [0, 0.1) is 10.1 Å². The molecule has 1 aromatic carbocycles. The number of hydrogen-bond acceptors (Lipinski definition) is 4. The van der Waals surface area contributed by atoms with Gasteiger partial charge in [-0.3, -0.25) is 10.1 Å². The topological polar surface area (TPSA) is 69.4 Å². The Morgan fingerprint density at radius 3 is 2.57 bits per heavy atom. The molecule has 0 radical (unpaired) electrons. The Balaban J connectivity index is 3.30. The lowest BCUT2D eigenvalue weighted by Gasteiger charge is -2.09. The van der Waals surface area contributed by atoms with Gasteiger partial charge in [0, 0.05) is 12.1 Å². The second-order valence-electron chi connectivity index (χ2n) is 3.73. The minimum Gasteiger partial charge on any atom is -0.463 e. The van der Waals surface area contributed by atoms with E-state index in [1.54, 1.807) is 6.92 Å². The van der Waals surface area contributed by atoms with Gasteiger partial charge in [-0.15, -0.1) is 0 Å². The van der Waals surface area contributed by atoms with E-state index >= 15 is 0 Å². The number of alkyl halides is 3. The second kappa shape index (κ2) is 6.57. The minimum absolute atomic E-state index is 0.0963. The molecule has 0 aliphatic rings. The highest BCUT2D eigenvalue weighted by Crippen LogP contribution is 2.38. The summed E-state index contributed by atoms with van der Waals surface area (Å²) in [6.45, 7) is 1.65. The molecule has 0 N–H and O–H groups in total. The average Bonchev–Trinajstić information content (AvgIpc) is 2.34. The minimum atomic E-state index is -4.81. The highest BCUT2D eigenvalue weighted by molar-refractivity contribution is 6.31. The SMILES string of the molecule is CCOC(=O)/C=C/c1cc(Cl)c(C(F)(F)F)cc1[N+](=O)[O-]. The lowest BCUT2D eigenvalue weighted by Crippen LogP contribution is -2.07. The van der Waals surface area contributed by atoms with Crippen LogP contribution in [0.5, 0.6) is 0 Å². The standard InChI is InChI=1S/C12H9ClF3NO4/c1-2-21-11(18)4-3-7-5-9(13)8(12(14,15)16)6-10(7)17(19)20/h3-6H,2H2,1H3/b4-3+. The van der Waals surface area contributed by atoms with Gasteiger partial charge in [0.1, 0.15) is 0 Å². The van der Waals surface area contributed by atoms with Crippen molar-refractivity contribution in [1.82, 2.24) is 0 Å². The van der Waals surface area contributed by atoms with Crippen molar-refractivity contribution in [3.63, 3.8) is 0 Å². The molecular weight excluding hydrogens is 315 g/mol. The monoisotopic (exact) mass is 323 g/mol. The number of nitrogens with zero attached hydrogens (tertiary/aromatic N) is 1. The summed E-state index contributed by atoms with van der Waals surface area (Å²) in [6, 6.07) is 1.10. The van der Waals surface area contributed by atoms with E-state index in [9.17, 15) is 28.1 Å². The lowest BCUT2D eigenvalue weighted by molar-refractivity contribution is -0.385. The number of benzene rings is 1. The van der Waals surface area contributed by atoms with Crippen molar-refractivity contribution in [2.24, 2.45) is 0 Å². The molecule has 21 heavy (non-hydrogen) atoms. The molecule has 0 spiro atoms. The third-order valence-electron chi connectivity index (χ3n) is 2.30. The van der Waals surface area contributed by atoms with E-state index in [-0.39, 0.29) is 12.2 Å². The van der Waals surface area contributed by atoms with Crippen molar-refractivity contribution in [3.05, 3.63) is 44.5 Å². The van der Waals surface area contributed by atoms with Crippen LogP contribution < -0.4 is 0 Å². The molecule has 0 bridgehead atoms. The molecule has 114 valence electrons. The van der Waals surface area contributed by atoms with Crippen LogP contribution in [0.25, 0.3) is 6.08 Å². The van der Waals surface area contributed by atoms with E-state index in [2.05, 4.69) is 4.74 Å². The maximum absolute atomic E-state index is 12.6. The molecule has 0 amide bonds. The molecule has 1 aromatic rings. The first-order chi connectivity index (χ1) is 9.66. The van der Waals surface area contributed by atoms with E-state index in [0.29, 0.717) is 6.07 Å². The predicted octanol–water partition coefficient (Wildman–Crippen LogP) is 3.84. The van der Waals surface area contributed by atoms with Gasteiger partial charge in [0.15, 0.2) is 0 Å². The molecule has 0 saturated heterocycles. The summed E-state index contributed by atoms with van der Waals surface area (Å²) < 4.78 is 42.5. The van der Waals surface area contributed by atoms with Crippen LogP contribution in [0.3, 0.4) is 0 Å². The Bertz CT molecular complexity index is 599. The third kappa shape index (κ3) is 4.45. The molecule has 0 fully saturated rings.